The van der Waals surface area contributed by atoms with Gasteiger partial charge in [0.1, 0.15) is 5.75 Å². The number of anilines is 1. The molecule has 0 spiro atoms. The molecule has 166 valence electrons. The van der Waals surface area contributed by atoms with Gasteiger partial charge in [0.05, 0.1) is 24.6 Å². The van der Waals surface area contributed by atoms with Gasteiger partial charge in [-0.25, -0.2) is 15.8 Å². The minimum absolute atomic E-state index is 0.281. The third kappa shape index (κ3) is 5.61. The monoisotopic (exact) mass is 432 g/mol. The molecule has 0 saturated carbocycles. The molecule has 1 aliphatic heterocycles. The highest BCUT2D eigenvalue weighted by molar-refractivity contribution is 5.67. The van der Waals surface area contributed by atoms with Gasteiger partial charge in [0, 0.05) is 44.3 Å². The number of hydrogen-bond acceptors (Lipinski definition) is 8. The van der Waals surface area contributed by atoms with Crippen molar-refractivity contribution in [2.45, 2.75) is 13.5 Å². The summed E-state index contributed by atoms with van der Waals surface area (Å²) in [4.78, 5) is 10.6. The second kappa shape index (κ2) is 10.2. The van der Waals surface area contributed by atoms with Crippen LogP contribution in [0, 0.1) is 6.92 Å². The first-order valence-corrected chi connectivity index (χ1v) is 10.5. The normalized spacial score (nSPS) is 14.9. The Balaban J connectivity index is 1.48. The van der Waals surface area contributed by atoms with Gasteiger partial charge < -0.3 is 15.2 Å². The van der Waals surface area contributed by atoms with Crippen LogP contribution >= 0.6 is 0 Å². The first-order valence-electron chi connectivity index (χ1n) is 10.5. The van der Waals surface area contributed by atoms with E-state index < -0.39 is 0 Å². The molecule has 0 unspecified atom stereocenters. The lowest BCUT2D eigenvalue weighted by Gasteiger charge is -2.26. The standard InChI is InChI=1S/C24H28N6O2/c1-18-6-7-21(15-23(18)32-24-27-8-3-9-28-24)30(26)17-22(25)20-5-2-4-19(14-20)16-29-10-12-31-13-11-29/h2-9,14-15,17H,10-13,16,25-26H2,1H3/b22-17-. The molecule has 2 heterocycles. The van der Waals surface area contributed by atoms with Gasteiger partial charge in [-0.1, -0.05) is 24.3 Å². The summed E-state index contributed by atoms with van der Waals surface area (Å²) in [6.07, 6.45) is 4.97. The summed E-state index contributed by atoms with van der Waals surface area (Å²) >= 11 is 0. The molecule has 1 aliphatic rings. The predicted molar refractivity (Wildman–Crippen MR) is 125 cm³/mol. The molecule has 0 atom stereocenters. The minimum Gasteiger partial charge on any atom is -0.424 e. The lowest BCUT2D eigenvalue weighted by atomic mass is 10.1. The Morgan fingerprint density at radius 1 is 1.12 bits per heavy atom. The fourth-order valence-corrected chi connectivity index (χ4v) is 3.46. The summed E-state index contributed by atoms with van der Waals surface area (Å²) in [6.45, 7) is 6.27. The highest BCUT2D eigenvalue weighted by Gasteiger charge is 2.12. The average molecular weight is 433 g/mol. The van der Waals surface area contributed by atoms with Crippen molar-refractivity contribution >= 4 is 11.4 Å². The van der Waals surface area contributed by atoms with E-state index in [4.69, 9.17) is 21.1 Å². The Labute approximate surface area is 188 Å². The summed E-state index contributed by atoms with van der Waals surface area (Å²) in [5, 5.41) is 1.49. The van der Waals surface area contributed by atoms with Crippen molar-refractivity contribution in [3.8, 4) is 11.8 Å². The first-order chi connectivity index (χ1) is 15.6. The zero-order chi connectivity index (χ0) is 22.3. The molecular weight excluding hydrogens is 404 g/mol. The summed E-state index contributed by atoms with van der Waals surface area (Å²) < 4.78 is 11.2. The van der Waals surface area contributed by atoms with Crippen LogP contribution in [0.25, 0.3) is 5.70 Å². The molecule has 3 aromatic rings. The third-order valence-electron chi connectivity index (χ3n) is 5.26. The van der Waals surface area contributed by atoms with Gasteiger partial charge in [0.2, 0.25) is 0 Å². The van der Waals surface area contributed by atoms with Crippen molar-refractivity contribution in [3.05, 3.63) is 83.8 Å². The zero-order valence-corrected chi connectivity index (χ0v) is 18.1. The van der Waals surface area contributed by atoms with Crippen LogP contribution in [0.2, 0.25) is 0 Å². The smallest absolute Gasteiger partial charge is 0.321 e. The van der Waals surface area contributed by atoms with Crippen LogP contribution in [0.4, 0.5) is 5.69 Å². The van der Waals surface area contributed by atoms with Gasteiger partial charge in [-0.05, 0) is 41.8 Å². The number of benzene rings is 2. The zero-order valence-electron chi connectivity index (χ0n) is 18.1. The summed E-state index contributed by atoms with van der Waals surface area (Å²) in [7, 11) is 0. The average Bonchev–Trinajstić information content (AvgIpc) is 2.82. The van der Waals surface area contributed by atoms with E-state index in [1.807, 2.05) is 37.3 Å². The predicted octanol–water partition coefficient (Wildman–Crippen LogP) is 3.05. The Kier molecular flexibility index (Phi) is 6.96. The first kappa shape index (κ1) is 21.8. The largest absolute Gasteiger partial charge is 0.424 e. The highest BCUT2D eigenvalue weighted by Crippen LogP contribution is 2.27. The SMILES string of the molecule is Cc1ccc(N(N)/C=C(\N)c2cccc(CN3CCOCC3)c2)cc1Oc1ncccn1. The van der Waals surface area contributed by atoms with Crippen LogP contribution in [0.3, 0.4) is 0 Å². The Hall–Kier alpha value is -3.46. The van der Waals surface area contributed by atoms with Gasteiger partial charge in [-0.3, -0.25) is 9.91 Å². The molecule has 8 nitrogen and oxygen atoms in total. The maximum atomic E-state index is 6.38. The van der Waals surface area contributed by atoms with Gasteiger partial charge >= 0.3 is 6.01 Å². The van der Waals surface area contributed by atoms with E-state index in [9.17, 15) is 0 Å². The number of ether oxygens (including phenoxy) is 2. The molecule has 0 bridgehead atoms. The number of nitrogens with two attached hydrogens (primary N) is 2. The maximum absolute atomic E-state index is 6.38. The molecule has 32 heavy (non-hydrogen) atoms. The lowest BCUT2D eigenvalue weighted by molar-refractivity contribution is 0.0342. The second-order valence-electron chi connectivity index (χ2n) is 7.66. The molecule has 0 amide bonds. The van der Waals surface area contributed by atoms with Crippen LogP contribution < -0.4 is 21.3 Å². The minimum atomic E-state index is 0.281. The van der Waals surface area contributed by atoms with Gasteiger partial charge in [-0.15, -0.1) is 0 Å². The molecule has 4 N–H and O–H groups in total. The molecule has 0 radical (unpaired) electrons. The number of hydrogen-bond donors (Lipinski definition) is 2. The molecule has 4 rings (SSSR count). The molecule has 8 heteroatoms. The number of morpholine rings is 1. The maximum Gasteiger partial charge on any atom is 0.321 e. The second-order valence-corrected chi connectivity index (χ2v) is 7.66. The number of rotatable bonds is 7. The van der Waals surface area contributed by atoms with Gasteiger partial charge in [0.25, 0.3) is 0 Å². The topological polar surface area (TPSA) is 103 Å². The fraction of sp³-hybridized carbons (Fsp3) is 0.250. The van der Waals surface area contributed by atoms with Crippen molar-refractivity contribution in [2.24, 2.45) is 11.6 Å². The van der Waals surface area contributed by atoms with Crippen LogP contribution in [0.15, 0.2) is 67.1 Å². The van der Waals surface area contributed by atoms with Crippen molar-refractivity contribution < 1.29 is 9.47 Å². The Morgan fingerprint density at radius 2 is 1.91 bits per heavy atom. The van der Waals surface area contributed by atoms with E-state index in [0.29, 0.717) is 11.4 Å². The van der Waals surface area contributed by atoms with Crippen molar-refractivity contribution in [1.82, 2.24) is 14.9 Å². The molecule has 1 saturated heterocycles. The quantitative estimate of drug-likeness (QED) is 0.434. The lowest BCUT2D eigenvalue weighted by Crippen LogP contribution is -2.35. The third-order valence-corrected chi connectivity index (χ3v) is 5.26. The van der Waals surface area contributed by atoms with E-state index in [1.54, 1.807) is 24.7 Å². The molecule has 1 aromatic heterocycles. The highest BCUT2D eigenvalue weighted by atomic mass is 16.5. The summed E-state index contributed by atoms with van der Waals surface area (Å²) in [5.74, 6) is 6.93. The van der Waals surface area contributed by atoms with Crippen LogP contribution in [-0.4, -0.2) is 41.2 Å². The van der Waals surface area contributed by atoms with Gasteiger partial charge in [-0.2, -0.15) is 0 Å². The van der Waals surface area contributed by atoms with E-state index in [1.165, 1.54) is 10.6 Å². The van der Waals surface area contributed by atoms with Gasteiger partial charge in [0.15, 0.2) is 0 Å². The van der Waals surface area contributed by atoms with E-state index in [0.717, 1.165) is 49.7 Å². The number of hydrazine groups is 1. The molecular formula is C24H28N6O2. The number of aryl methyl sites for hydroxylation is 1. The van der Waals surface area contributed by atoms with Crippen molar-refractivity contribution in [2.75, 3.05) is 31.3 Å². The molecule has 2 aromatic carbocycles. The van der Waals surface area contributed by atoms with E-state index in [2.05, 4.69) is 27.0 Å². The van der Waals surface area contributed by atoms with E-state index in [-0.39, 0.29) is 6.01 Å². The summed E-state index contributed by atoms with van der Waals surface area (Å²) in [5.41, 5.74) is 10.8. The summed E-state index contributed by atoms with van der Waals surface area (Å²) in [6, 6.07) is 15.9. The van der Waals surface area contributed by atoms with Crippen molar-refractivity contribution in [1.29, 1.82) is 0 Å². The van der Waals surface area contributed by atoms with Crippen LogP contribution in [0.1, 0.15) is 16.7 Å². The Bertz CT molecular complexity index is 1070. The number of nitrogens with zero attached hydrogens (tertiary/aromatic N) is 4. The molecule has 0 aliphatic carbocycles. The number of aromatic nitrogens is 2. The molecule has 1 fully saturated rings. The van der Waals surface area contributed by atoms with E-state index >= 15 is 0 Å². The van der Waals surface area contributed by atoms with Crippen LogP contribution in [-0.2, 0) is 11.3 Å². The van der Waals surface area contributed by atoms with Crippen molar-refractivity contribution in [3.63, 3.8) is 0 Å². The van der Waals surface area contributed by atoms with Crippen LogP contribution in [0.5, 0.6) is 11.8 Å². The Morgan fingerprint density at radius 3 is 2.69 bits per heavy atom. The fourth-order valence-electron chi connectivity index (χ4n) is 3.46.